The second-order valence-corrected chi connectivity index (χ2v) is 10.0. The maximum absolute atomic E-state index is 9.88. The molecule has 3 aliphatic rings. The number of fused-ring (bicyclic) bond motifs is 1. The lowest BCUT2D eigenvalue weighted by atomic mass is 9.92. The number of likely N-dealkylation sites (tertiary alicyclic amines) is 1. The van der Waals surface area contributed by atoms with E-state index >= 15 is 0 Å². The van der Waals surface area contributed by atoms with Crippen molar-refractivity contribution in [2.24, 2.45) is 0 Å². The van der Waals surface area contributed by atoms with Crippen molar-refractivity contribution in [3.8, 4) is 23.1 Å². The molecule has 0 saturated carbocycles. The average molecular weight is 518 g/mol. The van der Waals surface area contributed by atoms with E-state index in [1.165, 1.54) is 11.9 Å². The van der Waals surface area contributed by atoms with Gasteiger partial charge in [0.05, 0.1) is 31.1 Å². The zero-order valence-corrected chi connectivity index (χ0v) is 21.1. The van der Waals surface area contributed by atoms with Crippen LogP contribution in [-0.4, -0.2) is 81.1 Å². The summed E-state index contributed by atoms with van der Waals surface area (Å²) in [6.07, 6.45) is 6.62. The third kappa shape index (κ3) is 4.79. The van der Waals surface area contributed by atoms with E-state index in [0.717, 1.165) is 47.2 Å². The third-order valence-electron chi connectivity index (χ3n) is 7.75. The Morgan fingerprint density at radius 3 is 2.74 bits per heavy atom. The van der Waals surface area contributed by atoms with Crippen molar-refractivity contribution in [1.29, 1.82) is 5.26 Å². The molecule has 2 aromatic heterocycles. The van der Waals surface area contributed by atoms with Gasteiger partial charge in [-0.3, -0.25) is 4.90 Å². The summed E-state index contributed by atoms with van der Waals surface area (Å²) >= 11 is 0. The minimum Gasteiger partial charge on any atom is -0.489 e. The molecule has 1 unspecified atom stereocenters. The fourth-order valence-corrected chi connectivity index (χ4v) is 5.61. The van der Waals surface area contributed by atoms with Gasteiger partial charge in [0, 0.05) is 42.6 Å². The highest BCUT2D eigenvalue weighted by Gasteiger charge is 2.38. The predicted octanol–water partition coefficient (Wildman–Crippen LogP) is 2.96. The zero-order chi connectivity index (χ0) is 26.1. The zero-order valence-electron chi connectivity index (χ0n) is 21.1. The summed E-state index contributed by atoms with van der Waals surface area (Å²) in [6, 6.07) is 9.91. The number of hydrogen-bond acceptors (Lipinski definition) is 9. The van der Waals surface area contributed by atoms with Crippen molar-refractivity contribution >= 4 is 16.6 Å². The fraction of sp³-hybridized carbons (Fsp3) is 0.464. The number of aliphatic hydroxyl groups is 2. The number of benzene rings is 1. The number of rotatable bonds is 6. The minimum absolute atomic E-state index is 0.0592. The molecule has 0 bridgehead atoms. The van der Waals surface area contributed by atoms with E-state index in [4.69, 9.17) is 19.3 Å². The highest BCUT2D eigenvalue weighted by atomic mass is 16.7. The van der Waals surface area contributed by atoms with Gasteiger partial charge < -0.3 is 29.4 Å². The summed E-state index contributed by atoms with van der Waals surface area (Å²) in [6.45, 7) is 2.26. The lowest BCUT2D eigenvalue weighted by Gasteiger charge is -2.34. The molecular weight excluding hydrogens is 486 g/mol. The molecule has 2 saturated heterocycles. The van der Waals surface area contributed by atoms with Crippen LogP contribution >= 0.6 is 0 Å². The normalized spacial score (nSPS) is 20.9. The van der Waals surface area contributed by atoms with Gasteiger partial charge in [-0.05, 0) is 49.1 Å². The number of nitrogens with one attached hydrogen (secondary N) is 1. The van der Waals surface area contributed by atoms with Gasteiger partial charge in [0.1, 0.15) is 36.1 Å². The van der Waals surface area contributed by atoms with Crippen LogP contribution in [0.5, 0.6) is 5.75 Å². The van der Waals surface area contributed by atoms with Crippen molar-refractivity contribution in [1.82, 2.24) is 19.9 Å². The van der Waals surface area contributed by atoms with Crippen LogP contribution in [0.25, 0.3) is 27.9 Å². The molecule has 1 atom stereocenters. The molecule has 10 heteroatoms. The second kappa shape index (κ2) is 10.4. The number of piperidine rings is 1. The predicted molar refractivity (Wildman–Crippen MR) is 139 cm³/mol. The van der Waals surface area contributed by atoms with Crippen LogP contribution in [0.15, 0.2) is 36.7 Å². The van der Waals surface area contributed by atoms with Crippen molar-refractivity contribution in [2.75, 3.05) is 32.9 Å². The molecule has 4 heterocycles. The molecule has 0 radical (unpaired) electrons. The van der Waals surface area contributed by atoms with E-state index in [1.807, 2.05) is 23.1 Å². The Morgan fingerprint density at radius 2 is 2.03 bits per heavy atom. The smallest absolute Gasteiger partial charge is 0.172 e. The molecule has 1 aliphatic carbocycles. The van der Waals surface area contributed by atoms with Gasteiger partial charge in [0.25, 0.3) is 0 Å². The number of H-pyrrole nitrogens is 1. The summed E-state index contributed by atoms with van der Waals surface area (Å²) in [4.78, 5) is 14.3. The van der Waals surface area contributed by atoms with E-state index < -0.39 is 12.0 Å². The molecular formula is C28H31N5O5. The largest absolute Gasteiger partial charge is 0.489 e. The van der Waals surface area contributed by atoms with Gasteiger partial charge in [-0.15, -0.1) is 0 Å². The van der Waals surface area contributed by atoms with E-state index in [1.54, 1.807) is 0 Å². The Morgan fingerprint density at radius 1 is 1.21 bits per heavy atom. The molecule has 198 valence electrons. The number of hydrogen-bond donors (Lipinski definition) is 3. The Labute approximate surface area is 220 Å². The first-order valence-electron chi connectivity index (χ1n) is 13.1. The van der Waals surface area contributed by atoms with Gasteiger partial charge in [-0.25, -0.2) is 9.97 Å². The molecule has 2 fully saturated rings. The Balaban J connectivity index is 1.22. The standard InChI is InChI=1S/C28H31N5O5/c29-15-20-13-19(1-2-24(20)38-21-5-9-33(10-6-21)25(35)16-34)26-22-14-23(32-27(22)31-17-30-26)18-3-7-28(8-4-18)36-11-12-37-28/h1-3,13-14,17,21,25,34-35H,4-12,16H2,(H,30,31,32). The van der Waals surface area contributed by atoms with Crippen LogP contribution in [-0.2, 0) is 9.47 Å². The van der Waals surface area contributed by atoms with Gasteiger partial charge in [-0.1, -0.05) is 6.08 Å². The molecule has 10 nitrogen and oxygen atoms in total. The van der Waals surface area contributed by atoms with Gasteiger partial charge >= 0.3 is 0 Å². The first kappa shape index (κ1) is 25.0. The topological polar surface area (TPSA) is 137 Å². The fourth-order valence-electron chi connectivity index (χ4n) is 5.61. The summed E-state index contributed by atoms with van der Waals surface area (Å²) < 4.78 is 17.9. The van der Waals surface area contributed by atoms with Crippen LogP contribution in [0.1, 0.15) is 43.4 Å². The molecule has 38 heavy (non-hydrogen) atoms. The van der Waals surface area contributed by atoms with Crippen LogP contribution < -0.4 is 4.74 Å². The number of allylic oxidation sites excluding steroid dienone is 1. The highest BCUT2D eigenvalue weighted by molar-refractivity contribution is 5.93. The van der Waals surface area contributed by atoms with E-state index in [2.05, 4.69) is 33.2 Å². The molecule has 3 N–H and O–H groups in total. The lowest BCUT2D eigenvalue weighted by molar-refractivity contribution is -0.159. The van der Waals surface area contributed by atoms with Crippen molar-refractivity contribution in [2.45, 2.75) is 50.2 Å². The minimum atomic E-state index is -0.843. The van der Waals surface area contributed by atoms with Crippen LogP contribution in [0.4, 0.5) is 0 Å². The lowest BCUT2D eigenvalue weighted by Crippen LogP contribution is -2.45. The van der Waals surface area contributed by atoms with Gasteiger partial charge in [0.2, 0.25) is 0 Å². The number of aromatic amines is 1. The van der Waals surface area contributed by atoms with Crippen molar-refractivity contribution in [3.63, 3.8) is 0 Å². The van der Waals surface area contributed by atoms with Crippen LogP contribution in [0.2, 0.25) is 0 Å². The van der Waals surface area contributed by atoms with Gasteiger partial charge in [-0.2, -0.15) is 5.26 Å². The maximum Gasteiger partial charge on any atom is 0.172 e. The Hall–Kier alpha value is -3.33. The van der Waals surface area contributed by atoms with Crippen LogP contribution in [0, 0.1) is 11.3 Å². The summed E-state index contributed by atoms with van der Waals surface area (Å²) in [5.74, 6) is 0.0745. The first-order valence-corrected chi connectivity index (χ1v) is 13.1. The number of nitrogens with zero attached hydrogens (tertiary/aromatic N) is 4. The van der Waals surface area contributed by atoms with Crippen LogP contribution in [0.3, 0.4) is 0 Å². The van der Waals surface area contributed by atoms with E-state index in [0.29, 0.717) is 50.5 Å². The second-order valence-electron chi connectivity index (χ2n) is 10.0. The summed E-state index contributed by atoms with van der Waals surface area (Å²) in [5, 5.41) is 29.8. The monoisotopic (exact) mass is 517 g/mol. The number of aliphatic hydroxyl groups excluding tert-OH is 2. The highest BCUT2D eigenvalue weighted by Crippen LogP contribution is 2.39. The molecule has 6 rings (SSSR count). The van der Waals surface area contributed by atoms with Gasteiger partial charge in [0.15, 0.2) is 5.79 Å². The molecule has 0 amide bonds. The number of aromatic nitrogens is 3. The van der Waals surface area contributed by atoms with E-state index in [-0.39, 0.29) is 12.7 Å². The molecule has 1 aromatic carbocycles. The maximum atomic E-state index is 9.88. The van der Waals surface area contributed by atoms with Crippen molar-refractivity contribution in [3.05, 3.63) is 47.9 Å². The third-order valence-corrected chi connectivity index (χ3v) is 7.75. The van der Waals surface area contributed by atoms with E-state index in [9.17, 15) is 10.4 Å². The molecule has 1 spiro atoms. The number of nitriles is 1. The summed E-state index contributed by atoms with van der Waals surface area (Å²) in [5.41, 5.74) is 4.97. The van der Waals surface area contributed by atoms with Crippen molar-refractivity contribution < 1.29 is 24.4 Å². The number of ether oxygens (including phenoxy) is 3. The first-order chi connectivity index (χ1) is 18.6. The molecule has 2 aliphatic heterocycles. The SMILES string of the molecule is N#Cc1cc(-c2ncnc3[nH]c(C4=CCC5(CC4)OCCO5)cc23)ccc1OC1CCN(C(O)CO)CC1. The Bertz CT molecular complexity index is 1380. The summed E-state index contributed by atoms with van der Waals surface area (Å²) in [7, 11) is 0. The quantitative estimate of drug-likeness (QED) is 0.451. The average Bonchev–Trinajstić information content (AvgIpc) is 3.61. The Kier molecular flexibility index (Phi) is 6.86. The molecule has 3 aromatic rings.